The van der Waals surface area contributed by atoms with Gasteiger partial charge < -0.3 is 25.6 Å². The molecular weight excluding hydrogens is 410 g/mol. The first-order chi connectivity index (χ1) is 15.4. The maximum absolute atomic E-state index is 13.1. The van der Waals surface area contributed by atoms with E-state index in [1.54, 1.807) is 12.1 Å². The molecule has 3 atom stereocenters. The third-order valence-corrected chi connectivity index (χ3v) is 8.20. The molecule has 0 aromatic heterocycles. The number of phenols is 1. The summed E-state index contributed by atoms with van der Waals surface area (Å²) >= 11 is 0. The van der Waals surface area contributed by atoms with Crippen molar-refractivity contribution in [1.29, 1.82) is 0 Å². The van der Waals surface area contributed by atoms with E-state index < -0.39 is 6.10 Å². The first-order valence-corrected chi connectivity index (χ1v) is 11.7. The van der Waals surface area contributed by atoms with Crippen molar-refractivity contribution >= 4 is 11.8 Å². The smallest absolute Gasteiger partial charge is 0.250 e. The zero-order valence-corrected chi connectivity index (χ0v) is 18.6. The van der Waals surface area contributed by atoms with Gasteiger partial charge in [0.1, 0.15) is 6.10 Å². The van der Waals surface area contributed by atoms with Crippen LogP contribution in [0.3, 0.4) is 0 Å². The Morgan fingerprint density at radius 2 is 2.03 bits per heavy atom. The second kappa shape index (κ2) is 8.23. The fourth-order valence-corrected chi connectivity index (χ4v) is 6.92. The minimum Gasteiger partial charge on any atom is -0.504 e. The zero-order chi connectivity index (χ0) is 22.5. The van der Waals surface area contributed by atoms with Crippen LogP contribution in [0.2, 0.25) is 0 Å². The first-order valence-electron chi connectivity index (χ1n) is 11.7. The minimum atomic E-state index is -0.516. The quantitative estimate of drug-likeness (QED) is 0.612. The van der Waals surface area contributed by atoms with Gasteiger partial charge in [-0.1, -0.05) is 6.07 Å². The third kappa shape index (κ3) is 3.83. The number of benzene rings is 1. The van der Waals surface area contributed by atoms with Crippen molar-refractivity contribution in [3.05, 3.63) is 23.8 Å². The van der Waals surface area contributed by atoms with Crippen molar-refractivity contribution in [2.45, 2.75) is 50.8 Å². The van der Waals surface area contributed by atoms with Crippen LogP contribution >= 0.6 is 0 Å². The van der Waals surface area contributed by atoms with Crippen molar-refractivity contribution in [1.82, 2.24) is 10.2 Å². The molecule has 4 saturated carbocycles. The fourth-order valence-electron chi connectivity index (χ4n) is 6.92. The van der Waals surface area contributed by atoms with E-state index in [1.165, 1.54) is 7.11 Å². The van der Waals surface area contributed by atoms with E-state index in [2.05, 4.69) is 10.2 Å². The van der Waals surface area contributed by atoms with Crippen LogP contribution in [0.15, 0.2) is 18.2 Å². The first kappa shape index (κ1) is 21.5. The van der Waals surface area contributed by atoms with Crippen LogP contribution in [0.5, 0.6) is 11.5 Å². The average Bonchev–Trinajstić information content (AvgIpc) is 2.76. The number of nitrogens with zero attached hydrogens (tertiary/aromatic N) is 1. The molecule has 1 heterocycles. The van der Waals surface area contributed by atoms with Gasteiger partial charge in [0, 0.05) is 31.1 Å². The summed E-state index contributed by atoms with van der Waals surface area (Å²) in [5.41, 5.74) is 6.40. The van der Waals surface area contributed by atoms with Gasteiger partial charge in [0.15, 0.2) is 11.5 Å². The molecule has 0 radical (unpaired) electrons. The number of aromatic hydroxyl groups is 1. The Bertz CT molecular complexity index is 890. The second-order valence-corrected chi connectivity index (χ2v) is 10.2. The van der Waals surface area contributed by atoms with Crippen molar-refractivity contribution in [3.63, 3.8) is 0 Å². The monoisotopic (exact) mass is 443 g/mol. The van der Waals surface area contributed by atoms with E-state index in [0.29, 0.717) is 43.2 Å². The van der Waals surface area contributed by atoms with Gasteiger partial charge in [-0.3, -0.25) is 14.5 Å². The maximum Gasteiger partial charge on any atom is 0.250 e. The number of amides is 2. The van der Waals surface area contributed by atoms with Crippen LogP contribution < -0.4 is 15.8 Å². The number of methoxy groups -OCH3 is 1. The second-order valence-electron chi connectivity index (χ2n) is 10.2. The fraction of sp³-hybridized carbons (Fsp3) is 0.667. The number of nitrogens with one attached hydrogen (secondary N) is 1. The molecule has 4 bridgehead atoms. The zero-order valence-electron chi connectivity index (χ0n) is 18.6. The van der Waals surface area contributed by atoms with Gasteiger partial charge in [0.25, 0.3) is 5.91 Å². The molecule has 4 N–H and O–H groups in total. The van der Waals surface area contributed by atoms with Crippen molar-refractivity contribution in [2.75, 3.05) is 26.8 Å². The van der Waals surface area contributed by atoms with Gasteiger partial charge >= 0.3 is 0 Å². The van der Waals surface area contributed by atoms with E-state index in [1.807, 2.05) is 6.07 Å². The highest BCUT2D eigenvalue weighted by molar-refractivity contribution is 5.83. The van der Waals surface area contributed by atoms with Crippen LogP contribution in [0.4, 0.5) is 0 Å². The van der Waals surface area contributed by atoms with Crippen LogP contribution in [0.25, 0.3) is 0 Å². The largest absolute Gasteiger partial charge is 0.504 e. The van der Waals surface area contributed by atoms with Crippen molar-refractivity contribution in [3.8, 4) is 11.5 Å². The van der Waals surface area contributed by atoms with Crippen molar-refractivity contribution in [2.24, 2.45) is 28.9 Å². The molecule has 2 amide bonds. The lowest BCUT2D eigenvalue weighted by molar-refractivity contribution is -0.151. The number of rotatable bonds is 6. The summed E-state index contributed by atoms with van der Waals surface area (Å²) in [5.74, 6) is 1.58. The molecular formula is C24H33N3O5. The van der Waals surface area contributed by atoms with E-state index in [9.17, 15) is 14.7 Å². The summed E-state index contributed by atoms with van der Waals surface area (Å²) < 4.78 is 10.9. The molecule has 8 heteroatoms. The van der Waals surface area contributed by atoms with Gasteiger partial charge in [-0.05, 0) is 67.6 Å². The van der Waals surface area contributed by atoms with Gasteiger partial charge in [-0.2, -0.15) is 0 Å². The normalized spacial score (nSPS) is 36.1. The Morgan fingerprint density at radius 1 is 1.28 bits per heavy atom. The van der Waals surface area contributed by atoms with Gasteiger partial charge in [-0.25, -0.2) is 0 Å². The summed E-state index contributed by atoms with van der Waals surface area (Å²) in [6.45, 7) is 2.36. The Hall–Kier alpha value is -2.32. The summed E-state index contributed by atoms with van der Waals surface area (Å²) in [5, 5.41) is 13.3. The highest BCUT2D eigenvalue weighted by atomic mass is 16.5. The molecule has 0 spiro atoms. The van der Waals surface area contributed by atoms with Crippen LogP contribution in [0, 0.1) is 23.2 Å². The standard InChI is InChI=1S/C24H33N3O5/c1-31-19-3-2-14(8-18(19)28)12-27-4-5-32-20(13-27)22(29)26-21-16-6-15-7-17(21)11-24(9-15,10-16)23(25)30/h2-3,8,15-17,20-21,28H,4-7,9-13H2,1H3,(H2,25,30)(H,26,29)/t15?,16?,17?,20-,21?,24?/m1/s1. The SMILES string of the molecule is COc1ccc(CN2CCO[C@@H](C(=O)NC3C4CC5CC3CC(C(N)=O)(C5)C4)C2)cc1O. The van der Waals surface area contributed by atoms with E-state index in [-0.39, 0.29) is 29.0 Å². The molecule has 174 valence electrons. The van der Waals surface area contributed by atoms with Crippen LogP contribution in [0.1, 0.15) is 37.7 Å². The van der Waals surface area contributed by atoms with E-state index >= 15 is 0 Å². The van der Waals surface area contributed by atoms with Gasteiger partial charge in [0.2, 0.25) is 5.91 Å². The topological polar surface area (TPSA) is 114 Å². The lowest BCUT2D eigenvalue weighted by atomic mass is 9.47. The number of morpholine rings is 1. The molecule has 6 rings (SSSR count). The lowest BCUT2D eigenvalue weighted by Crippen LogP contribution is -2.63. The Balaban J connectivity index is 1.20. The number of nitrogens with two attached hydrogens (primary N) is 1. The number of carbonyl (C=O) groups excluding carboxylic acids is 2. The highest BCUT2D eigenvalue weighted by Gasteiger charge is 2.58. The predicted octanol–water partition coefficient (Wildman–Crippen LogP) is 1.40. The summed E-state index contributed by atoms with van der Waals surface area (Å²) in [7, 11) is 1.52. The molecule has 8 nitrogen and oxygen atoms in total. The van der Waals surface area contributed by atoms with E-state index in [0.717, 1.165) is 44.2 Å². The van der Waals surface area contributed by atoms with Gasteiger partial charge in [-0.15, -0.1) is 0 Å². The average molecular weight is 444 g/mol. The number of ether oxygens (including phenoxy) is 2. The van der Waals surface area contributed by atoms with Gasteiger partial charge in [0.05, 0.1) is 13.7 Å². The molecule has 5 fully saturated rings. The van der Waals surface area contributed by atoms with Crippen LogP contribution in [-0.2, 0) is 20.9 Å². The summed E-state index contributed by atoms with van der Waals surface area (Å²) in [6, 6.07) is 5.49. The number of hydrogen-bond donors (Lipinski definition) is 3. The highest BCUT2D eigenvalue weighted by Crippen LogP contribution is 2.59. The number of primary amides is 1. The molecule has 5 aliphatic rings. The maximum atomic E-state index is 13.1. The van der Waals surface area contributed by atoms with Crippen molar-refractivity contribution < 1.29 is 24.2 Å². The molecule has 1 aromatic rings. The number of phenolic OH excluding ortho intramolecular Hbond substituents is 1. The molecule has 32 heavy (non-hydrogen) atoms. The Morgan fingerprint density at radius 3 is 2.69 bits per heavy atom. The third-order valence-electron chi connectivity index (χ3n) is 8.20. The summed E-state index contributed by atoms with van der Waals surface area (Å²) in [4.78, 5) is 27.5. The summed E-state index contributed by atoms with van der Waals surface area (Å²) in [6.07, 6.45) is 4.18. The number of hydrogen-bond acceptors (Lipinski definition) is 6. The van der Waals surface area contributed by atoms with E-state index in [4.69, 9.17) is 15.2 Å². The lowest BCUT2D eigenvalue weighted by Gasteiger charge is -2.59. The molecule has 1 aromatic carbocycles. The predicted molar refractivity (Wildman–Crippen MR) is 117 cm³/mol. The molecule has 4 aliphatic carbocycles. The minimum absolute atomic E-state index is 0.0575. The Kier molecular flexibility index (Phi) is 5.53. The van der Waals surface area contributed by atoms with Crippen LogP contribution in [-0.4, -0.2) is 60.8 Å². The molecule has 1 saturated heterocycles. The molecule has 1 aliphatic heterocycles. The Labute approximate surface area is 188 Å². The molecule has 2 unspecified atom stereocenters. The number of carbonyl (C=O) groups is 2.